The van der Waals surface area contributed by atoms with E-state index in [1.54, 1.807) is 0 Å². The molecule has 0 spiro atoms. The molecule has 0 radical (unpaired) electrons. The number of unbranched alkanes of at least 4 members (excludes halogenated alkanes) is 5. The number of aliphatic carboxylic acids is 1. The van der Waals surface area contributed by atoms with Crippen LogP contribution in [-0.4, -0.2) is 11.1 Å². The van der Waals surface area contributed by atoms with Gasteiger partial charge in [-0.05, 0) is 74.7 Å². The van der Waals surface area contributed by atoms with Crippen LogP contribution in [0.1, 0.15) is 102 Å². The van der Waals surface area contributed by atoms with E-state index in [1.165, 1.54) is 76.2 Å². The third kappa shape index (κ3) is 6.83. The van der Waals surface area contributed by atoms with Crippen molar-refractivity contribution in [2.24, 2.45) is 17.8 Å². The molecule has 3 unspecified atom stereocenters. The Bertz CT molecular complexity index is 726. The largest absolute Gasteiger partial charge is 0.481 e. The van der Waals surface area contributed by atoms with E-state index in [0.717, 1.165) is 12.8 Å². The molecule has 1 aromatic carbocycles. The van der Waals surface area contributed by atoms with Crippen LogP contribution in [0.3, 0.4) is 0 Å². The summed E-state index contributed by atoms with van der Waals surface area (Å²) in [6.07, 6.45) is 25.9. The van der Waals surface area contributed by atoms with Gasteiger partial charge in [0.2, 0.25) is 0 Å². The minimum atomic E-state index is -0.638. The van der Waals surface area contributed by atoms with E-state index < -0.39 is 5.97 Å². The number of carboxylic acids is 1. The predicted molar refractivity (Wildman–Crippen MR) is 135 cm³/mol. The fraction of sp³-hybridized carbons (Fsp3) is 0.633. The molecular weight excluding hydrogens is 392 g/mol. The summed E-state index contributed by atoms with van der Waals surface area (Å²) in [5, 5.41) is 9.68. The molecule has 32 heavy (non-hydrogen) atoms. The summed E-state index contributed by atoms with van der Waals surface area (Å²) in [5.74, 6) is 0.488. The van der Waals surface area contributed by atoms with E-state index in [4.69, 9.17) is 0 Å². The molecule has 0 heterocycles. The fourth-order valence-electron chi connectivity index (χ4n) is 6.35. The number of carbonyl (C=O) groups is 1. The minimum absolute atomic E-state index is 0.128. The van der Waals surface area contributed by atoms with Crippen LogP contribution in [-0.2, 0) is 10.2 Å². The summed E-state index contributed by atoms with van der Waals surface area (Å²) >= 11 is 0. The molecule has 1 N–H and O–H groups in total. The predicted octanol–water partition coefficient (Wildman–Crippen LogP) is 8.48. The second kappa shape index (κ2) is 13.0. The summed E-state index contributed by atoms with van der Waals surface area (Å²) in [4.78, 5) is 11.8. The Hall–Kier alpha value is -1.83. The first-order valence-corrected chi connectivity index (χ1v) is 13.3. The second-order valence-corrected chi connectivity index (χ2v) is 10.2. The van der Waals surface area contributed by atoms with Gasteiger partial charge in [0.05, 0.1) is 0 Å². The van der Waals surface area contributed by atoms with E-state index in [0.29, 0.717) is 18.3 Å². The van der Waals surface area contributed by atoms with Crippen molar-refractivity contribution in [3.8, 4) is 0 Å². The van der Waals surface area contributed by atoms with E-state index in [1.807, 2.05) is 0 Å². The first-order chi connectivity index (χ1) is 15.7. The van der Waals surface area contributed by atoms with Gasteiger partial charge in [0, 0.05) is 11.8 Å². The average molecular weight is 437 g/mol. The van der Waals surface area contributed by atoms with Crippen LogP contribution in [0.5, 0.6) is 0 Å². The highest BCUT2D eigenvalue weighted by Crippen LogP contribution is 2.53. The van der Waals surface area contributed by atoms with Crippen LogP contribution in [0.2, 0.25) is 0 Å². The summed E-state index contributed by atoms with van der Waals surface area (Å²) in [5.41, 5.74) is 1.55. The third-order valence-electron chi connectivity index (χ3n) is 7.96. The molecule has 0 amide bonds. The van der Waals surface area contributed by atoms with Crippen LogP contribution >= 0.6 is 0 Å². The monoisotopic (exact) mass is 436 g/mol. The molecule has 0 saturated heterocycles. The number of rotatable bonds is 13. The summed E-state index contributed by atoms with van der Waals surface area (Å²) in [7, 11) is 0. The van der Waals surface area contributed by atoms with Crippen molar-refractivity contribution in [1.82, 2.24) is 0 Å². The van der Waals surface area contributed by atoms with Gasteiger partial charge in [0.1, 0.15) is 0 Å². The Morgan fingerprint density at radius 3 is 2.41 bits per heavy atom. The van der Waals surface area contributed by atoms with Crippen LogP contribution in [0.25, 0.3) is 0 Å². The average Bonchev–Trinajstić information content (AvgIpc) is 3.29. The van der Waals surface area contributed by atoms with Gasteiger partial charge in [-0.25, -0.2) is 0 Å². The molecule has 1 aromatic rings. The van der Waals surface area contributed by atoms with E-state index in [2.05, 4.69) is 61.6 Å². The number of hydrogen-bond donors (Lipinski definition) is 1. The minimum Gasteiger partial charge on any atom is -0.481 e. The van der Waals surface area contributed by atoms with Crippen LogP contribution in [0, 0.1) is 17.8 Å². The standard InChI is InChI=1S/C30H44O2/c1-2-3-4-5-6-7-8-9-11-16-25-19-20-28(26(23-25)24-29(31)32)30(21-14-15-22-30)27-17-12-10-13-18-27/h7-8,10,12-13,17-20,25-26,28H,2-6,9,11,14-16,21-24H2,1H3,(H,31,32). The topological polar surface area (TPSA) is 37.3 Å². The highest BCUT2D eigenvalue weighted by molar-refractivity contribution is 5.67. The van der Waals surface area contributed by atoms with Crippen molar-refractivity contribution in [3.05, 3.63) is 60.2 Å². The highest BCUT2D eigenvalue weighted by atomic mass is 16.4. The quantitative estimate of drug-likeness (QED) is 0.249. The second-order valence-electron chi connectivity index (χ2n) is 10.2. The van der Waals surface area contributed by atoms with Gasteiger partial charge in [-0.1, -0.05) is 93.7 Å². The zero-order valence-electron chi connectivity index (χ0n) is 20.2. The first kappa shape index (κ1) is 24.8. The number of benzene rings is 1. The molecule has 3 rings (SSSR count). The van der Waals surface area contributed by atoms with Crippen molar-refractivity contribution in [2.75, 3.05) is 0 Å². The number of hydrogen-bond acceptors (Lipinski definition) is 1. The van der Waals surface area contributed by atoms with E-state index in [-0.39, 0.29) is 11.3 Å². The SMILES string of the molecule is CCCCCCC=CCCCC1C=CC(C2(c3ccccc3)CCCC2)C(CC(=O)O)C1. The molecule has 2 aliphatic carbocycles. The third-order valence-corrected chi connectivity index (χ3v) is 7.96. The van der Waals surface area contributed by atoms with Crippen molar-refractivity contribution < 1.29 is 9.90 Å². The Kier molecular flexibility index (Phi) is 10.1. The Morgan fingerprint density at radius 2 is 1.72 bits per heavy atom. The lowest BCUT2D eigenvalue weighted by atomic mass is 9.60. The lowest BCUT2D eigenvalue weighted by Gasteiger charge is -2.44. The smallest absolute Gasteiger partial charge is 0.303 e. The first-order valence-electron chi connectivity index (χ1n) is 13.3. The molecule has 0 bridgehead atoms. The molecule has 0 aliphatic heterocycles. The molecule has 176 valence electrons. The molecule has 2 aliphatic rings. The van der Waals surface area contributed by atoms with Crippen molar-refractivity contribution in [3.63, 3.8) is 0 Å². The molecule has 2 nitrogen and oxygen atoms in total. The number of carboxylic acid groups (broad SMARTS) is 1. The van der Waals surface area contributed by atoms with Crippen molar-refractivity contribution >= 4 is 5.97 Å². The van der Waals surface area contributed by atoms with Gasteiger partial charge < -0.3 is 5.11 Å². The van der Waals surface area contributed by atoms with Gasteiger partial charge in [-0.15, -0.1) is 0 Å². The Morgan fingerprint density at radius 1 is 1.00 bits per heavy atom. The van der Waals surface area contributed by atoms with Crippen molar-refractivity contribution in [2.45, 2.75) is 102 Å². The summed E-state index contributed by atoms with van der Waals surface area (Å²) in [6, 6.07) is 10.9. The Labute approximate surface area is 196 Å². The lowest BCUT2D eigenvalue weighted by molar-refractivity contribution is -0.138. The van der Waals surface area contributed by atoms with Gasteiger partial charge >= 0.3 is 5.97 Å². The molecule has 3 atom stereocenters. The normalized spacial score (nSPS) is 24.8. The van der Waals surface area contributed by atoms with Crippen LogP contribution in [0.4, 0.5) is 0 Å². The molecule has 2 heteroatoms. The van der Waals surface area contributed by atoms with Gasteiger partial charge in [0.15, 0.2) is 0 Å². The molecule has 0 aromatic heterocycles. The Balaban J connectivity index is 1.59. The highest BCUT2D eigenvalue weighted by Gasteiger charge is 2.46. The maximum Gasteiger partial charge on any atom is 0.303 e. The fourth-order valence-corrected chi connectivity index (χ4v) is 6.35. The van der Waals surface area contributed by atoms with E-state index in [9.17, 15) is 9.90 Å². The summed E-state index contributed by atoms with van der Waals surface area (Å²) < 4.78 is 0. The van der Waals surface area contributed by atoms with Gasteiger partial charge in [-0.2, -0.15) is 0 Å². The molecular formula is C30H44O2. The van der Waals surface area contributed by atoms with Gasteiger partial charge in [0.25, 0.3) is 0 Å². The zero-order chi connectivity index (χ0) is 22.7. The zero-order valence-corrected chi connectivity index (χ0v) is 20.2. The molecule has 1 fully saturated rings. The maximum atomic E-state index is 11.8. The number of allylic oxidation sites excluding steroid dienone is 4. The van der Waals surface area contributed by atoms with Crippen LogP contribution < -0.4 is 0 Å². The van der Waals surface area contributed by atoms with E-state index >= 15 is 0 Å². The molecule has 1 saturated carbocycles. The summed E-state index contributed by atoms with van der Waals surface area (Å²) in [6.45, 7) is 2.26. The maximum absolute atomic E-state index is 11.8. The lowest BCUT2D eigenvalue weighted by Crippen LogP contribution is -2.39. The van der Waals surface area contributed by atoms with Crippen LogP contribution in [0.15, 0.2) is 54.6 Å². The van der Waals surface area contributed by atoms with Gasteiger partial charge in [-0.3, -0.25) is 4.79 Å². The van der Waals surface area contributed by atoms with Crippen molar-refractivity contribution in [1.29, 1.82) is 0 Å².